The van der Waals surface area contributed by atoms with Gasteiger partial charge in [0.1, 0.15) is 0 Å². The zero-order valence-electron chi connectivity index (χ0n) is 8.31. The molecule has 0 bridgehead atoms. The lowest BCUT2D eigenvalue weighted by Gasteiger charge is -2.03. The van der Waals surface area contributed by atoms with E-state index < -0.39 is 17.8 Å². The maximum absolute atomic E-state index is 11.7. The first-order chi connectivity index (χ1) is 7.61. The molecule has 0 fully saturated rings. The molecule has 5 nitrogen and oxygen atoms in total. The number of hydrogen-bond acceptors (Lipinski definition) is 3. The van der Waals surface area contributed by atoms with E-state index in [-0.39, 0.29) is 0 Å². The summed E-state index contributed by atoms with van der Waals surface area (Å²) in [5.74, 6) is -1.92. The van der Waals surface area contributed by atoms with Crippen LogP contribution in [-0.4, -0.2) is 27.9 Å². The van der Waals surface area contributed by atoms with Gasteiger partial charge < -0.3 is 15.8 Å². The number of nitrogens with one attached hydrogen (secondary N) is 1. The molecule has 0 spiro atoms. The lowest BCUT2D eigenvalue weighted by molar-refractivity contribution is -0.137. The van der Waals surface area contributed by atoms with Crippen molar-refractivity contribution in [3.05, 3.63) is 36.0 Å². The fourth-order valence-electron chi connectivity index (χ4n) is 1.56. The van der Waals surface area contributed by atoms with Gasteiger partial charge in [-0.15, -0.1) is 0 Å². The summed E-state index contributed by atoms with van der Waals surface area (Å²) in [6, 6.07) is 5.63. The Morgan fingerprint density at radius 1 is 1.31 bits per heavy atom. The molecule has 0 aliphatic heterocycles. The minimum atomic E-state index is -1.51. The number of rotatable bonds is 3. The summed E-state index contributed by atoms with van der Waals surface area (Å²) in [5, 5.41) is 9.35. The van der Waals surface area contributed by atoms with E-state index in [9.17, 15) is 9.59 Å². The van der Waals surface area contributed by atoms with Crippen molar-refractivity contribution in [1.29, 1.82) is 0 Å². The van der Waals surface area contributed by atoms with E-state index in [0.717, 1.165) is 5.52 Å². The van der Waals surface area contributed by atoms with Gasteiger partial charge in [0.2, 0.25) is 0 Å². The van der Waals surface area contributed by atoms with Crippen LogP contribution in [-0.2, 0) is 4.79 Å². The Morgan fingerprint density at radius 3 is 2.69 bits per heavy atom. The number of carboxylic acids is 1. The summed E-state index contributed by atoms with van der Waals surface area (Å²) in [4.78, 5) is 25.2. The summed E-state index contributed by atoms with van der Waals surface area (Å²) in [6.07, 6.45) is 1.48. The van der Waals surface area contributed by atoms with Gasteiger partial charge in [0.25, 0.3) is 0 Å². The van der Waals surface area contributed by atoms with Gasteiger partial charge in [-0.2, -0.15) is 0 Å². The van der Waals surface area contributed by atoms with Crippen LogP contribution in [0.25, 0.3) is 10.9 Å². The van der Waals surface area contributed by atoms with Crippen molar-refractivity contribution in [2.24, 2.45) is 5.73 Å². The average Bonchev–Trinajstić information content (AvgIpc) is 2.70. The number of aromatic amines is 1. The molecule has 1 atom stereocenters. The molecule has 0 saturated carbocycles. The molecule has 0 unspecified atom stereocenters. The Morgan fingerprint density at radius 2 is 2.00 bits per heavy atom. The SMILES string of the molecule is N[C@H](C(=O)O)C(=O)c1c[nH]c2ccccc12. The number of fused-ring (bicyclic) bond motifs is 1. The Hall–Kier alpha value is -2.14. The van der Waals surface area contributed by atoms with Crippen LogP contribution >= 0.6 is 0 Å². The van der Waals surface area contributed by atoms with E-state index in [4.69, 9.17) is 10.8 Å². The largest absolute Gasteiger partial charge is 0.480 e. The number of carbonyl (C=O) groups excluding carboxylic acids is 1. The highest BCUT2D eigenvalue weighted by molar-refractivity contribution is 6.17. The van der Waals surface area contributed by atoms with Gasteiger partial charge in [-0.1, -0.05) is 18.2 Å². The van der Waals surface area contributed by atoms with E-state index in [0.29, 0.717) is 10.9 Å². The van der Waals surface area contributed by atoms with Crippen LogP contribution in [0, 0.1) is 0 Å². The lowest BCUT2D eigenvalue weighted by atomic mass is 10.0. The second-order valence-electron chi connectivity index (χ2n) is 3.43. The smallest absolute Gasteiger partial charge is 0.328 e. The van der Waals surface area contributed by atoms with Gasteiger partial charge in [-0.3, -0.25) is 9.59 Å². The van der Waals surface area contributed by atoms with Gasteiger partial charge in [-0.05, 0) is 6.07 Å². The van der Waals surface area contributed by atoms with Crippen molar-refractivity contribution in [2.75, 3.05) is 0 Å². The summed E-state index contributed by atoms with van der Waals surface area (Å²) in [5.41, 5.74) is 6.37. The Bertz CT molecular complexity index is 559. The summed E-state index contributed by atoms with van der Waals surface area (Å²) < 4.78 is 0. The molecule has 16 heavy (non-hydrogen) atoms. The fourth-order valence-corrected chi connectivity index (χ4v) is 1.56. The number of ketones is 1. The van der Waals surface area contributed by atoms with Crippen LogP contribution in [0.4, 0.5) is 0 Å². The summed E-state index contributed by atoms with van der Waals surface area (Å²) in [7, 11) is 0. The topological polar surface area (TPSA) is 96.2 Å². The predicted molar refractivity (Wildman–Crippen MR) is 58.2 cm³/mol. The molecule has 0 saturated heterocycles. The number of nitrogens with two attached hydrogens (primary N) is 1. The van der Waals surface area contributed by atoms with Crippen molar-refractivity contribution in [3.8, 4) is 0 Å². The minimum absolute atomic E-state index is 0.311. The molecule has 1 aromatic carbocycles. The zero-order chi connectivity index (χ0) is 11.7. The van der Waals surface area contributed by atoms with E-state index >= 15 is 0 Å². The molecule has 0 radical (unpaired) electrons. The van der Waals surface area contributed by atoms with E-state index in [1.807, 2.05) is 6.07 Å². The summed E-state index contributed by atoms with van der Waals surface area (Å²) >= 11 is 0. The average molecular weight is 218 g/mol. The number of aromatic nitrogens is 1. The highest BCUT2D eigenvalue weighted by Crippen LogP contribution is 2.18. The first-order valence-corrected chi connectivity index (χ1v) is 4.70. The third-order valence-electron chi connectivity index (χ3n) is 2.40. The first kappa shape index (κ1) is 10.4. The van der Waals surface area contributed by atoms with Gasteiger partial charge >= 0.3 is 5.97 Å². The molecular formula is C11H10N2O3. The molecule has 1 aromatic heterocycles. The molecule has 2 rings (SSSR count). The quantitative estimate of drug-likeness (QED) is 0.523. The van der Waals surface area contributed by atoms with Gasteiger partial charge in [0, 0.05) is 22.7 Å². The maximum atomic E-state index is 11.7. The third-order valence-corrected chi connectivity index (χ3v) is 2.40. The summed E-state index contributed by atoms with van der Waals surface area (Å²) in [6.45, 7) is 0. The van der Waals surface area contributed by atoms with Crippen LogP contribution in [0.1, 0.15) is 10.4 Å². The Balaban J connectivity index is 2.48. The molecular weight excluding hydrogens is 208 g/mol. The van der Waals surface area contributed by atoms with Crippen LogP contribution in [0.15, 0.2) is 30.5 Å². The van der Waals surface area contributed by atoms with Crippen molar-refractivity contribution >= 4 is 22.7 Å². The fraction of sp³-hybridized carbons (Fsp3) is 0.0909. The standard InChI is InChI=1S/C11H10N2O3/c12-9(11(15)16)10(14)7-5-13-8-4-2-1-3-6(7)8/h1-5,9,13H,12H2,(H,15,16)/t9-/m0/s1. The van der Waals surface area contributed by atoms with Crippen LogP contribution in [0.3, 0.4) is 0 Å². The van der Waals surface area contributed by atoms with E-state index in [1.54, 1.807) is 18.2 Å². The van der Waals surface area contributed by atoms with Crippen LogP contribution in [0.5, 0.6) is 0 Å². The molecule has 4 N–H and O–H groups in total. The highest BCUT2D eigenvalue weighted by Gasteiger charge is 2.24. The molecule has 5 heteroatoms. The highest BCUT2D eigenvalue weighted by atomic mass is 16.4. The number of aliphatic carboxylic acids is 1. The molecule has 2 aromatic rings. The molecule has 82 valence electrons. The second-order valence-corrected chi connectivity index (χ2v) is 3.43. The molecule has 0 aliphatic rings. The van der Waals surface area contributed by atoms with Crippen molar-refractivity contribution in [3.63, 3.8) is 0 Å². The van der Waals surface area contributed by atoms with Crippen LogP contribution < -0.4 is 5.73 Å². The maximum Gasteiger partial charge on any atom is 0.328 e. The predicted octanol–water partition coefficient (Wildman–Crippen LogP) is 0.762. The Kier molecular flexibility index (Phi) is 2.46. The number of para-hydroxylation sites is 1. The number of H-pyrrole nitrogens is 1. The first-order valence-electron chi connectivity index (χ1n) is 4.70. The van der Waals surface area contributed by atoms with E-state index in [1.165, 1.54) is 6.20 Å². The van der Waals surface area contributed by atoms with E-state index in [2.05, 4.69) is 4.98 Å². The van der Waals surface area contributed by atoms with Gasteiger partial charge in [0.05, 0.1) is 0 Å². The monoisotopic (exact) mass is 218 g/mol. The van der Waals surface area contributed by atoms with Gasteiger partial charge in [-0.25, -0.2) is 0 Å². The Labute approximate surface area is 90.9 Å². The van der Waals surface area contributed by atoms with Gasteiger partial charge in [0.15, 0.2) is 11.8 Å². The van der Waals surface area contributed by atoms with Crippen molar-refractivity contribution in [2.45, 2.75) is 6.04 Å². The molecule has 1 heterocycles. The number of carbonyl (C=O) groups is 2. The van der Waals surface area contributed by atoms with Crippen molar-refractivity contribution in [1.82, 2.24) is 4.98 Å². The number of hydrogen-bond donors (Lipinski definition) is 3. The number of benzene rings is 1. The van der Waals surface area contributed by atoms with Crippen molar-refractivity contribution < 1.29 is 14.7 Å². The molecule has 0 aliphatic carbocycles. The molecule has 0 amide bonds. The lowest BCUT2D eigenvalue weighted by Crippen LogP contribution is -2.38. The normalized spacial score (nSPS) is 12.6. The number of carboxylic acid groups (broad SMARTS) is 1. The van der Waals surface area contributed by atoms with Crippen LogP contribution in [0.2, 0.25) is 0 Å². The second kappa shape index (κ2) is 3.79. The zero-order valence-corrected chi connectivity index (χ0v) is 8.31. The number of Topliss-reactive ketones (excluding diaryl/α,β-unsaturated/α-hetero) is 1. The third kappa shape index (κ3) is 1.57. The minimum Gasteiger partial charge on any atom is -0.480 e.